The van der Waals surface area contributed by atoms with E-state index in [9.17, 15) is 14.4 Å². The van der Waals surface area contributed by atoms with Crippen molar-refractivity contribution >= 4 is 18.2 Å². The molecule has 2 aliphatic rings. The summed E-state index contributed by atoms with van der Waals surface area (Å²) in [5, 5.41) is 0. The van der Waals surface area contributed by atoms with E-state index >= 15 is 0 Å². The predicted octanol–water partition coefficient (Wildman–Crippen LogP) is 4.45. The number of imide groups is 1. The van der Waals surface area contributed by atoms with Crippen LogP contribution in [0.4, 0.5) is 9.59 Å². The Kier molecular flexibility index (Phi) is 5.89. The monoisotopic (exact) mass is 395 g/mol. The van der Waals surface area contributed by atoms with Gasteiger partial charge in [-0.15, -0.1) is 0 Å². The lowest BCUT2D eigenvalue weighted by Gasteiger charge is -2.32. The normalized spacial score (nSPS) is 27.2. The number of hydrogen-bond acceptors (Lipinski definition) is 6. The Balaban J connectivity index is 2.34. The molecule has 0 spiro atoms. The van der Waals surface area contributed by atoms with E-state index in [-0.39, 0.29) is 11.9 Å². The van der Waals surface area contributed by atoms with Gasteiger partial charge in [0.05, 0.1) is 12.5 Å². The van der Waals surface area contributed by atoms with E-state index in [0.717, 1.165) is 10.5 Å². The Labute approximate surface area is 167 Å². The number of rotatable bonds is 2. The first-order valence-electron chi connectivity index (χ1n) is 9.69. The molecule has 0 heterocycles. The molecule has 2 rings (SSSR count). The largest absolute Gasteiger partial charge is 0.469 e. The number of ether oxygens (including phenoxy) is 3. The summed E-state index contributed by atoms with van der Waals surface area (Å²) in [5.41, 5.74) is -1.28. The fraction of sp³-hybridized carbons (Fsp3) is 0.762. The molecule has 2 saturated carbocycles. The smallest absolute Gasteiger partial charge is 0.420 e. The van der Waals surface area contributed by atoms with Crippen LogP contribution in [-0.4, -0.2) is 47.4 Å². The molecule has 0 aromatic carbocycles. The number of amides is 2. The SMILES string of the molecule is C=C1C[C@@H]2C[C@@H](N(C(=O)OC(C)(C)C)C(=O)OC(C)(C)C)C[C@]2(C(=O)OC)C1. The van der Waals surface area contributed by atoms with Crippen molar-refractivity contribution < 1.29 is 28.6 Å². The maximum atomic E-state index is 12.9. The fourth-order valence-electron chi connectivity index (χ4n) is 4.30. The first kappa shape index (κ1) is 22.2. The maximum absolute atomic E-state index is 12.9. The minimum atomic E-state index is -0.764. The van der Waals surface area contributed by atoms with Gasteiger partial charge in [0.15, 0.2) is 0 Å². The third-order valence-corrected chi connectivity index (χ3v) is 5.18. The Morgan fingerprint density at radius 1 is 1.04 bits per heavy atom. The van der Waals surface area contributed by atoms with Gasteiger partial charge in [0.25, 0.3) is 0 Å². The van der Waals surface area contributed by atoms with Gasteiger partial charge >= 0.3 is 18.2 Å². The number of allylic oxidation sites excluding steroid dienone is 1. The number of carbonyl (C=O) groups excluding carboxylic acids is 3. The van der Waals surface area contributed by atoms with Crippen LogP contribution in [0.3, 0.4) is 0 Å². The molecule has 2 amide bonds. The van der Waals surface area contributed by atoms with Gasteiger partial charge < -0.3 is 14.2 Å². The topological polar surface area (TPSA) is 82.1 Å². The summed E-state index contributed by atoms with van der Waals surface area (Å²) in [6.07, 6.45) is 0.490. The molecule has 0 saturated heterocycles. The van der Waals surface area contributed by atoms with Crippen LogP contribution in [0.1, 0.15) is 67.2 Å². The molecule has 2 aliphatic carbocycles. The highest BCUT2D eigenvalue weighted by Crippen LogP contribution is 2.57. The standard InChI is InChI=1S/C21H33NO6/c1-13-9-14-10-15(12-21(14,11-13)16(23)26-8)22(17(24)27-19(2,3)4)18(25)28-20(5,6)7/h14-15H,1,9-12H2,2-8H3/t14-,15-,21-/m1/s1. The second-order valence-corrected chi connectivity index (χ2v) is 9.90. The van der Waals surface area contributed by atoms with Crippen LogP contribution >= 0.6 is 0 Å². The molecule has 7 heteroatoms. The van der Waals surface area contributed by atoms with E-state index in [1.807, 2.05) is 0 Å². The first-order valence-corrected chi connectivity index (χ1v) is 9.69. The summed E-state index contributed by atoms with van der Waals surface area (Å²) >= 11 is 0. The average molecular weight is 395 g/mol. The van der Waals surface area contributed by atoms with E-state index in [1.54, 1.807) is 41.5 Å². The average Bonchev–Trinajstić information content (AvgIpc) is 2.95. The van der Waals surface area contributed by atoms with Crippen LogP contribution in [0.25, 0.3) is 0 Å². The Hall–Kier alpha value is -2.05. The van der Waals surface area contributed by atoms with Crippen LogP contribution in [-0.2, 0) is 19.0 Å². The van der Waals surface area contributed by atoms with Crippen molar-refractivity contribution in [3.05, 3.63) is 12.2 Å². The molecule has 0 bridgehead atoms. The van der Waals surface area contributed by atoms with Crippen molar-refractivity contribution in [1.29, 1.82) is 0 Å². The lowest BCUT2D eigenvalue weighted by molar-refractivity contribution is -0.154. The van der Waals surface area contributed by atoms with Gasteiger partial charge in [-0.05, 0) is 73.1 Å². The van der Waals surface area contributed by atoms with Crippen LogP contribution in [0, 0.1) is 11.3 Å². The van der Waals surface area contributed by atoms with Crippen LogP contribution in [0.5, 0.6) is 0 Å². The van der Waals surface area contributed by atoms with E-state index in [2.05, 4.69) is 6.58 Å². The number of hydrogen-bond donors (Lipinski definition) is 0. The lowest BCUT2D eigenvalue weighted by Crippen LogP contribution is -2.48. The number of esters is 1. The molecular formula is C21H33NO6. The molecule has 28 heavy (non-hydrogen) atoms. The number of fused-ring (bicyclic) bond motifs is 1. The van der Waals surface area contributed by atoms with Gasteiger partial charge in [0.1, 0.15) is 11.2 Å². The van der Waals surface area contributed by atoms with Crippen molar-refractivity contribution in [2.45, 2.75) is 84.5 Å². The highest BCUT2D eigenvalue weighted by molar-refractivity contribution is 5.89. The molecule has 0 aromatic heterocycles. The molecule has 2 fully saturated rings. The minimum Gasteiger partial charge on any atom is -0.469 e. The molecule has 158 valence electrons. The van der Waals surface area contributed by atoms with Crippen LogP contribution in [0.2, 0.25) is 0 Å². The van der Waals surface area contributed by atoms with Crippen molar-refractivity contribution in [2.75, 3.05) is 7.11 Å². The Bertz CT molecular complexity index is 643. The van der Waals surface area contributed by atoms with E-state index in [1.165, 1.54) is 7.11 Å². The molecule has 3 atom stereocenters. The maximum Gasteiger partial charge on any atom is 0.420 e. The highest BCUT2D eigenvalue weighted by Gasteiger charge is 2.59. The Morgan fingerprint density at radius 3 is 1.96 bits per heavy atom. The quantitative estimate of drug-likeness (QED) is 0.390. The van der Waals surface area contributed by atoms with Gasteiger partial charge in [0.2, 0.25) is 0 Å². The van der Waals surface area contributed by atoms with Gasteiger partial charge in [-0.25, -0.2) is 14.5 Å². The molecule has 0 unspecified atom stereocenters. The van der Waals surface area contributed by atoms with Crippen LogP contribution < -0.4 is 0 Å². The molecular weight excluding hydrogens is 362 g/mol. The molecule has 0 aliphatic heterocycles. The van der Waals surface area contributed by atoms with Gasteiger partial charge in [-0.3, -0.25) is 4.79 Å². The van der Waals surface area contributed by atoms with Gasteiger partial charge in [0, 0.05) is 6.04 Å². The minimum absolute atomic E-state index is 0.0233. The summed E-state index contributed by atoms with van der Waals surface area (Å²) < 4.78 is 16.0. The van der Waals surface area contributed by atoms with Crippen molar-refractivity contribution in [1.82, 2.24) is 4.90 Å². The first-order chi connectivity index (χ1) is 12.7. The zero-order chi connectivity index (χ0) is 21.5. The summed E-state index contributed by atoms with van der Waals surface area (Å²) in [7, 11) is 1.36. The van der Waals surface area contributed by atoms with Gasteiger partial charge in [-0.1, -0.05) is 12.2 Å². The van der Waals surface area contributed by atoms with E-state index in [0.29, 0.717) is 25.7 Å². The predicted molar refractivity (Wildman–Crippen MR) is 104 cm³/mol. The number of methoxy groups -OCH3 is 1. The summed E-state index contributed by atoms with van der Waals surface area (Å²) in [6.45, 7) is 14.5. The summed E-state index contributed by atoms with van der Waals surface area (Å²) in [5.74, 6) is -0.336. The van der Waals surface area contributed by atoms with E-state index in [4.69, 9.17) is 14.2 Å². The molecule has 0 N–H and O–H groups in total. The third kappa shape index (κ3) is 4.67. The zero-order valence-electron chi connectivity index (χ0n) is 18.1. The lowest BCUT2D eigenvalue weighted by atomic mass is 9.80. The van der Waals surface area contributed by atoms with Crippen molar-refractivity contribution in [2.24, 2.45) is 11.3 Å². The molecule has 0 aromatic rings. The third-order valence-electron chi connectivity index (χ3n) is 5.18. The van der Waals surface area contributed by atoms with Crippen molar-refractivity contribution in [3.63, 3.8) is 0 Å². The number of nitrogens with zero attached hydrogens (tertiary/aromatic N) is 1. The number of carbonyl (C=O) groups is 3. The van der Waals surface area contributed by atoms with Crippen LogP contribution in [0.15, 0.2) is 12.2 Å². The second kappa shape index (κ2) is 7.41. The molecule has 7 nitrogen and oxygen atoms in total. The highest BCUT2D eigenvalue weighted by atomic mass is 16.6. The second-order valence-electron chi connectivity index (χ2n) is 9.90. The molecule has 0 radical (unpaired) electrons. The Morgan fingerprint density at radius 2 is 1.54 bits per heavy atom. The van der Waals surface area contributed by atoms with Gasteiger partial charge in [-0.2, -0.15) is 0 Å². The summed E-state index contributed by atoms with van der Waals surface area (Å²) in [4.78, 5) is 39.4. The fourth-order valence-corrected chi connectivity index (χ4v) is 4.30. The summed E-state index contributed by atoms with van der Waals surface area (Å²) in [6, 6.07) is -0.498. The zero-order valence-corrected chi connectivity index (χ0v) is 18.1. The van der Waals surface area contributed by atoms with Crippen molar-refractivity contribution in [3.8, 4) is 0 Å². The van der Waals surface area contributed by atoms with E-state index < -0.39 is 34.8 Å².